The van der Waals surface area contributed by atoms with Crippen molar-refractivity contribution in [1.29, 1.82) is 0 Å². The van der Waals surface area contributed by atoms with E-state index in [-0.39, 0.29) is 17.2 Å². The fourth-order valence-corrected chi connectivity index (χ4v) is 2.15. The standard InChI is InChI=1S/C14H23NO2/c1-5-6-7-8-14(3,4)10-15-12(16)9-11(2)13(15)17/h9H,5-8,10H2,1-4H3. The van der Waals surface area contributed by atoms with Crippen LogP contribution in [0.5, 0.6) is 0 Å². The third kappa shape index (κ3) is 3.69. The van der Waals surface area contributed by atoms with E-state index in [4.69, 9.17) is 0 Å². The summed E-state index contributed by atoms with van der Waals surface area (Å²) in [4.78, 5) is 24.8. The Morgan fingerprint density at radius 3 is 2.35 bits per heavy atom. The molecule has 0 unspecified atom stereocenters. The van der Waals surface area contributed by atoms with E-state index < -0.39 is 0 Å². The van der Waals surface area contributed by atoms with Crippen molar-refractivity contribution in [3.05, 3.63) is 11.6 Å². The van der Waals surface area contributed by atoms with Crippen LogP contribution in [0.1, 0.15) is 53.4 Å². The Morgan fingerprint density at radius 2 is 1.88 bits per heavy atom. The Morgan fingerprint density at radius 1 is 1.24 bits per heavy atom. The van der Waals surface area contributed by atoms with E-state index in [1.54, 1.807) is 6.92 Å². The third-order valence-corrected chi connectivity index (χ3v) is 3.23. The van der Waals surface area contributed by atoms with Crippen molar-refractivity contribution < 1.29 is 9.59 Å². The second-order valence-corrected chi connectivity index (χ2v) is 5.68. The summed E-state index contributed by atoms with van der Waals surface area (Å²) >= 11 is 0. The van der Waals surface area contributed by atoms with Gasteiger partial charge in [0.25, 0.3) is 11.8 Å². The van der Waals surface area contributed by atoms with Gasteiger partial charge < -0.3 is 0 Å². The van der Waals surface area contributed by atoms with Gasteiger partial charge in [0.15, 0.2) is 0 Å². The zero-order valence-electron chi connectivity index (χ0n) is 11.4. The van der Waals surface area contributed by atoms with Gasteiger partial charge in [-0.25, -0.2) is 0 Å². The molecule has 1 aliphatic rings. The van der Waals surface area contributed by atoms with Crippen molar-refractivity contribution in [3.63, 3.8) is 0 Å². The maximum atomic E-state index is 11.8. The molecule has 0 radical (unpaired) electrons. The molecule has 0 aromatic rings. The van der Waals surface area contributed by atoms with Crippen molar-refractivity contribution >= 4 is 11.8 Å². The van der Waals surface area contributed by atoms with Crippen LogP contribution in [0.25, 0.3) is 0 Å². The van der Waals surface area contributed by atoms with Crippen LogP contribution in [0.4, 0.5) is 0 Å². The summed E-state index contributed by atoms with van der Waals surface area (Å²) in [7, 11) is 0. The Kier molecular flexibility index (Phi) is 4.49. The second kappa shape index (κ2) is 5.48. The monoisotopic (exact) mass is 237 g/mol. The van der Waals surface area contributed by atoms with Gasteiger partial charge in [0, 0.05) is 18.2 Å². The second-order valence-electron chi connectivity index (χ2n) is 5.68. The van der Waals surface area contributed by atoms with E-state index in [1.165, 1.54) is 23.8 Å². The Bertz CT molecular complexity index is 342. The van der Waals surface area contributed by atoms with Crippen molar-refractivity contribution in [3.8, 4) is 0 Å². The molecule has 0 fully saturated rings. The molecule has 1 aliphatic heterocycles. The maximum absolute atomic E-state index is 11.8. The molecule has 2 amide bonds. The zero-order valence-corrected chi connectivity index (χ0v) is 11.4. The fourth-order valence-electron chi connectivity index (χ4n) is 2.15. The molecule has 0 atom stereocenters. The molecule has 96 valence electrons. The summed E-state index contributed by atoms with van der Waals surface area (Å²) in [5, 5.41) is 0. The summed E-state index contributed by atoms with van der Waals surface area (Å²) in [6.07, 6.45) is 6.05. The molecule has 17 heavy (non-hydrogen) atoms. The highest BCUT2D eigenvalue weighted by molar-refractivity contribution is 6.15. The Hall–Kier alpha value is -1.12. The summed E-state index contributed by atoms with van der Waals surface area (Å²) in [5.41, 5.74) is 0.568. The first-order valence-corrected chi connectivity index (χ1v) is 6.41. The van der Waals surface area contributed by atoms with Crippen LogP contribution in [0.3, 0.4) is 0 Å². The van der Waals surface area contributed by atoms with Gasteiger partial charge in [0.05, 0.1) is 0 Å². The van der Waals surface area contributed by atoms with Gasteiger partial charge in [-0.1, -0.05) is 40.0 Å². The molecule has 3 heteroatoms. The lowest BCUT2D eigenvalue weighted by atomic mass is 9.86. The van der Waals surface area contributed by atoms with Crippen LogP contribution < -0.4 is 0 Å². The number of hydrogen-bond acceptors (Lipinski definition) is 2. The number of unbranched alkanes of at least 4 members (excludes halogenated alkanes) is 2. The minimum atomic E-state index is -0.156. The lowest BCUT2D eigenvalue weighted by molar-refractivity contribution is -0.138. The average molecular weight is 237 g/mol. The van der Waals surface area contributed by atoms with E-state index in [1.807, 2.05) is 0 Å². The molecule has 1 heterocycles. The zero-order chi connectivity index (χ0) is 13.1. The largest absolute Gasteiger partial charge is 0.275 e. The van der Waals surface area contributed by atoms with Gasteiger partial charge in [0.1, 0.15) is 0 Å². The predicted molar refractivity (Wildman–Crippen MR) is 68.4 cm³/mol. The van der Waals surface area contributed by atoms with Gasteiger partial charge in [-0.3, -0.25) is 14.5 Å². The Labute approximate surface area is 104 Å². The van der Waals surface area contributed by atoms with Crippen LogP contribution in [0, 0.1) is 5.41 Å². The summed E-state index contributed by atoms with van der Waals surface area (Å²) in [6.45, 7) is 8.65. The van der Waals surface area contributed by atoms with Gasteiger partial charge in [0.2, 0.25) is 0 Å². The lowest BCUT2D eigenvalue weighted by Gasteiger charge is -2.29. The minimum absolute atomic E-state index is 0.0128. The molecule has 1 rings (SSSR count). The van der Waals surface area contributed by atoms with E-state index >= 15 is 0 Å². The van der Waals surface area contributed by atoms with E-state index in [0.717, 1.165) is 12.8 Å². The maximum Gasteiger partial charge on any atom is 0.256 e. The van der Waals surface area contributed by atoms with Crippen LogP contribution in [-0.4, -0.2) is 23.3 Å². The van der Waals surface area contributed by atoms with Crippen LogP contribution in [-0.2, 0) is 9.59 Å². The minimum Gasteiger partial charge on any atom is -0.275 e. The molecule has 0 saturated heterocycles. The SMILES string of the molecule is CCCCCC(C)(C)CN1C(=O)C=C(C)C1=O. The summed E-state index contributed by atoms with van der Waals surface area (Å²) in [5.74, 6) is -0.283. The third-order valence-electron chi connectivity index (χ3n) is 3.23. The Balaban J connectivity index is 2.53. The first-order valence-electron chi connectivity index (χ1n) is 6.41. The quantitative estimate of drug-likeness (QED) is 0.526. The van der Waals surface area contributed by atoms with Gasteiger partial charge in [-0.15, -0.1) is 0 Å². The van der Waals surface area contributed by atoms with Crippen LogP contribution >= 0.6 is 0 Å². The van der Waals surface area contributed by atoms with Crippen LogP contribution in [0.15, 0.2) is 11.6 Å². The summed E-state index contributed by atoms with van der Waals surface area (Å²) in [6, 6.07) is 0. The molecule has 0 bridgehead atoms. The molecule has 3 nitrogen and oxygen atoms in total. The molecule has 0 aromatic heterocycles. The highest BCUT2D eigenvalue weighted by Gasteiger charge is 2.32. The predicted octanol–water partition coefficient (Wildman–Crippen LogP) is 2.91. The highest BCUT2D eigenvalue weighted by atomic mass is 16.2. The van der Waals surface area contributed by atoms with E-state index in [9.17, 15) is 9.59 Å². The number of nitrogens with zero attached hydrogens (tertiary/aromatic N) is 1. The van der Waals surface area contributed by atoms with Gasteiger partial charge >= 0.3 is 0 Å². The first-order chi connectivity index (χ1) is 7.87. The average Bonchev–Trinajstić information content (AvgIpc) is 2.45. The van der Waals surface area contributed by atoms with Crippen molar-refractivity contribution in [2.75, 3.05) is 6.54 Å². The van der Waals surface area contributed by atoms with Crippen molar-refractivity contribution in [2.24, 2.45) is 5.41 Å². The van der Waals surface area contributed by atoms with Gasteiger partial charge in [-0.05, 0) is 18.8 Å². The summed E-state index contributed by atoms with van der Waals surface area (Å²) < 4.78 is 0. The molecule has 0 saturated carbocycles. The van der Waals surface area contributed by atoms with Crippen molar-refractivity contribution in [2.45, 2.75) is 53.4 Å². The number of carbonyl (C=O) groups excluding carboxylic acids is 2. The number of hydrogen-bond donors (Lipinski definition) is 0. The van der Waals surface area contributed by atoms with Crippen molar-refractivity contribution in [1.82, 2.24) is 4.90 Å². The normalized spacial score (nSPS) is 16.7. The van der Waals surface area contributed by atoms with Gasteiger partial charge in [-0.2, -0.15) is 0 Å². The topological polar surface area (TPSA) is 37.4 Å². The number of rotatable bonds is 6. The van der Waals surface area contributed by atoms with Crippen LogP contribution in [0.2, 0.25) is 0 Å². The molecule has 0 N–H and O–H groups in total. The number of amides is 2. The molecule has 0 aliphatic carbocycles. The first kappa shape index (κ1) is 13.9. The molecule has 0 spiro atoms. The smallest absolute Gasteiger partial charge is 0.256 e. The number of imide groups is 1. The van der Waals surface area contributed by atoms with E-state index in [2.05, 4.69) is 20.8 Å². The molecular weight excluding hydrogens is 214 g/mol. The molecular formula is C14H23NO2. The molecule has 0 aromatic carbocycles. The number of carbonyl (C=O) groups is 2. The van der Waals surface area contributed by atoms with E-state index in [0.29, 0.717) is 12.1 Å². The lowest BCUT2D eigenvalue weighted by Crippen LogP contribution is -2.39. The fraction of sp³-hybridized carbons (Fsp3) is 0.714. The highest BCUT2D eigenvalue weighted by Crippen LogP contribution is 2.27.